The molecule has 7 heteroatoms. The van der Waals surface area contributed by atoms with E-state index in [1.807, 2.05) is 37.3 Å². The maximum absolute atomic E-state index is 13.6. The second-order valence-electron chi connectivity index (χ2n) is 9.29. The fourth-order valence-corrected chi connectivity index (χ4v) is 4.86. The molecule has 1 amide bonds. The van der Waals surface area contributed by atoms with Gasteiger partial charge in [-0.2, -0.15) is 0 Å². The molecule has 1 aliphatic rings. The predicted octanol–water partition coefficient (Wildman–Crippen LogP) is 5.30. The first-order valence-electron chi connectivity index (χ1n) is 12.2. The number of halogens is 2. The number of nitrogens with one attached hydrogen (secondary N) is 1. The number of rotatable bonds is 7. The van der Waals surface area contributed by atoms with Crippen molar-refractivity contribution >= 4 is 16.9 Å². The van der Waals surface area contributed by atoms with Crippen LogP contribution in [0.5, 0.6) is 0 Å². The number of furan rings is 1. The summed E-state index contributed by atoms with van der Waals surface area (Å²) < 4.78 is 33.0. The molecular weight excluding hydrogens is 460 g/mol. The second-order valence-corrected chi connectivity index (χ2v) is 9.29. The highest BCUT2D eigenvalue weighted by atomic mass is 19.1. The summed E-state index contributed by atoms with van der Waals surface area (Å²) in [6.45, 7) is 5.11. The number of benzene rings is 3. The van der Waals surface area contributed by atoms with Crippen LogP contribution in [-0.4, -0.2) is 48.4 Å². The van der Waals surface area contributed by atoms with Crippen molar-refractivity contribution in [3.05, 3.63) is 107 Å². The highest BCUT2D eigenvalue weighted by Gasteiger charge is 2.27. The Bertz CT molecular complexity index is 1230. The summed E-state index contributed by atoms with van der Waals surface area (Å²) in [5, 5.41) is 4.06. The van der Waals surface area contributed by atoms with Crippen molar-refractivity contribution in [3.63, 3.8) is 0 Å². The van der Waals surface area contributed by atoms with E-state index in [1.54, 1.807) is 24.3 Å². The number of hydrogen-bond acceptors (Lipinski definition) is 4. The smallest absolute Gasteiger partial charge is 0.234 e. The van der Waals surface area contributed by atoms with E-state index >= 15 is 0 Å². The van der Waals surface area contributed by atoms with Gasteiger partial charge in [-0.3, -0.25) is 14.6 Å². The molecule has 36 heavy (non-hydrogen) atoms. The van der Waals surface area contributed by atoms with Crippen LogP contribution in [0.4, 0.5) is 8.78 Å². The van der Waals surface area contributed by atoms with E-state index in [9.17, 15) is 13.6 Å². The Morgan fingerprint density at radius 1 is 0.889 bits per heavy atom. The van der Waals surface area contributed by atoms with Crippen molar-refractivity contribution in [3.8, 4) is 0 Å². The monoisotopic (exact) mass is 489 g/mol. The number of amides is 1. The highest BCUT2D eigenvalue weighted by Crippen LogP contribution is 2.30. The molecule has 0 bridgehead atoms. The molecule has 0 radical (unpaired) electrons. The van der Waals surface area contributed by atoms with Gasteiger partial charge in [-0.25, -0.2) is 8.78 Å². The Morgan fingerprint density at radius 2 is 1.47 bits per heavy atom. The number of carbonyl (C=O) groups is 1. The summed E-state index contributed by atoms with van der Waals surface area (Å²) in [6, 6.07) is 22.3. The van der Waals surface area contributed by atoms with Crippen molar-refractivity contribution in [2.24, 2.45) is 0 Å². The average molecular weight is 490 g/mol. The molecule has 1 fully saturated rings. The predicted molar refractivity (Wildman–Crippen MR) is 135 cm³/mol. The van der Waals surface area contributed by atoms with Gasteiger partial charge in [0.25, 0.3) is 0 Å². The van der Waals surface area contributed by atoms with Gasteiger partial charge in [0.2, 0.25) is 5.91 Å². The zero-order valence-corrected chi connectivity index (χ0v) is 20.2. The first kappa shape index (κ1) is 24.2. The Morgan fingerprint density at radius 3 is 2.06 bits per heavy atom. The van der Waals surface area contributed by atoms with E-state index in [0.717, 1.165) is 40.9 Å². The number of para-hydroxylation sites is 1. The van der Waals surface area contributed by atoms with Crippen molar-refractivity contribution in [2.45, 2.75) is 19.0 Å². The summed E-state index contributed by atoms with van der Waals surface area (Å²) in [5.74, 6) is 0.106. The van der Waals surface area contributed by atoms with Crippen LogP contribution in [0.3, 0.4) is 0 Å². The first-order chi connectivity index (χ1) is 17.5. The molecule has 1 N–H and O–H groups in total. The molecule has 0 unspecified atom stereocenters. The lowest BCUT2D eigenvalue weighted by Crippen LogP contribution is -2.50. The van der Waals surface area contributed by atoms with Crippen LogP contribution in [0.15, 0.2) is 83.3 Å². The van der Waals surface area contributed by atoms with Crippen molar-refractivity contribution in [2.75, 3.05) is 32.7 Å². The largest absolute Gasteiger partial charge is 0.459 e. The zero-order valence-electron chi connectivity index (χ0n) is 20.2. The lowest BCUT2D eigenvalue weighted by atomic mass is 9.96. The third kappa shape index (κ3) is 5.48. The van der Waals surface area contributed by atoms with Crippen LogP contribution < -0.4 is 5.32 Å². The maximum Gasteiger partial charge on any atom is 0.234 e. The number of carbonyl (C=O) groups excluding carboxylic acids is 1. The summed E-state index contributed by atoms with van der Waals surface area (Å²) in [4.78, 5) is 17.2. The molecule has 5 nitrogen and oxygen atoms in total. The zero-order chi connectivity index (χ0) is 25.1. The first-order valence-corrected chi connectivity index (χ1v) is 12.2. The third-order valence-electron chi connectivity index (χ3n) is 6.76. The Labute approximate surface area is 209 Å². The molecule has 5 rings (SSSR count). The van der Waals surface area contributed by atoms with E-state index < -0.39 is 0 Å². The van der Waals surface area contributed by atoms with Crippen LogP contribution in [0.25, 0.3) is 11.0 Å². The lowest BCUT2D eigenvalue weighted by Gasteiger charge is -2.39. The van der Waals surface area contributed by atoms with E-state index in [-0.39, 0.29) is 29.6 Å². The summed E-state index contributed by atoms with van der Waals surface area (Å²) in [5.41, 5.74) is 2.71. The minimum absolute atomic E-state index is 0.0509. The fraction of sp³-hybridized carbons (Fsp3) is 0.276. The van der Waals surface area contributed by atoms with Gasteiger partial charge in [0.1, 0.15) is 23.0 Å². The van der Waals surface area contributed by atoms with Crippen molar-refractivity contribution in [1.29, 1.82) is 0 Å². The topological polar surface area (TPSA) is 48.7 Å². The maximum atomic E-state index is 13.6. The van der Waals surface area contributed by atoms with Gasteiger partial charge in [-0.15, -0.1) is 0 Å². The summed E-state index contributed by atoms with van der Waals surface area (Å²) in [6.07, 6.45) is 0. The van der Waals surface area contributed by atoms with Gasteiger partial charge in [-0.1, -0.05) is 42.5 Å². The molecule has 1 aliphatic heterocycles. The Kier molecular flexibility index (Phi) is 7.11. The molecule has 0 saturated carbocycles. The molecule has 0 spiro atoms. The SMILES string of the molecule is C[C@H](NC(=O)CN1CCN(C(c2ccc(F)cc2)c2ccc(F)cc2)CC1)c1cc2ccccc2o1. The molecular formula is C29H29F2N3O2. The quantitative estimate of drug-likeness (QED) is 0.383. The van der Waals surface area contributed by atoms with Gasteiger partial charge in [0.15, 0.2) is 0 Å². The summed E-state index contributed by atoms with van der Waals surface area (Å²) >= 11 is 0. The van der Waals surface area contributed by atoms with Crippen molar-refractivity contribution in [1.82, 2.24) is 15.1 Å². The van der Waals surface area contributed by atoms with Crippen LogP contribution >= 0.6 is 0 Å². The molecule has 0 aliphatic carbocycles. The van der Waals surface area contributed by atoms with Crippen LogP contribution in [0, 0.1) is 11.6 Å². The normalized spacial score (nSPS) is 15.9. The number of nitrogens with zero attached hydrogens (tertiary/aromatic N) is 2. The van der Waals surface area contributed by atoms with Crippen LogP contribution in [-0.2, 0) is 4.79 Å². The third-order valence-corrected chi connectivity index (χ3v) is 6.76. The lowest BCUT2D eigenvalue weighted by molar-refractivity contribution is -0.123. The molecule has 4 aromatic rings. The minimum Gasteiger partial charge on any atom is -0.459 e. The van der Waals surface area contributed by atoms with E-state index in [2.05, 4.69) is 15.1 Å². The van der Waals surface area contributed by atoms with Gasteiger partial charge in [0, 0.05) is 31.6 Å². The molecule has 3 aromatic carbocycles. The van der Waals surface area contributed by atoms with E-state index in [1.165, 1.54) is 24.3 Å². The summed E-state index contributed by atoms with van der Waals surface area (Å²) in [7, 11) is 0. The minimum atomic E-state index is -0.288. The van der Waals surface area contributed by atoms with Crippen molar-refractivity contribution < 1.29 is 18.0 Å². The van der Waals surface area contributed by atoms with E-state index in [4.69, 9.17) is 4.42 Å². The van der Waals surface area contributed by atoms with Gasteiger partial charge in [-0.05, 0) is 54.4 Å². The molecule has 186 valence electrons. The molecule has 1 saturated heterocycles. The number of hydrogen-bond donors (Lipinski definition) is 1. The van der Waals surface area contributed by atoms with Gasteiger partial charge >= 0.3 is 0 Å². The van der Waals surface area contributed by atoms with Crippen LogP contribution in [0.1, 0.15) is 35.9 Å². The second kappa shape index (κ2) is 10.6. The van der Waals surface area contributed by atoms with Gasteiger partial charge in [0.05, 0.1) is 18.6 Å². The van der Waals surface area contributed by atoms with Gasteiger partial charge < -0.3 is 9.73 Å². The average Bonchev–Trinajstić information content (AvgIpc) is 3.32. The molecule has 1 aromatic heterocycles. The number of fused-ring (bicyclic) bond motifs is 1. The standard InChI is InChI=1S/C29H29F2N3O2/c1-20(27-18-23-4-2-3-5-26(23)36-27)32-28(35)19-33-14-16-34(17-15-33)29(21-6-10-24(30)11-7-21)22-8-12-25(31)13-9-22/h2-13,18,20,29H,14-17,19H2,1H3,(H,32,35)/t20-/m0/s1. The highest BCUT2D eigenvalue weighted by molar-refractivity contribution is 5.80. The number of piperazine rings is 1. The van der Waals surface area contributed by atoms with E-state index in [0.29, 0.717) is 19.6 Å². The molecule has 1 atom stereocenters. The Balaban J connectivity index is 1.20. The Hall–Kier alpha value is -3.55. The fourth-order valence-electron chi connectivity index (χ4n) is 4.86. The molecule has 2 heterocycles. The van der Waals surface area contributed by atoms with Crippen LogP contribution in [0.2, 0.25) is 0 Å².